The molecule has 0 saturated carbocycles. The SMILES string of the molecule is CCOC(=O)c1cccc(OC(=O)CCC(=O)c2ccc(Cl)cc2)c1. The molecule has 5 nitrogen and oxygen atoms in total. The Balaban J connectivity index is 1.90. The standard InChI is InChI=1S/C19H17ClO5/c1-2-24-19(23)14-4-3-5-16(12-14)25-18(22)11-10-17(21)13-6-8-15(20)9-7-13/h3-9,12H,2,10-11H2,1H3. The minimum atomic E-state index is -0.552. The topological polar surface area (TPSA) is 69.7 Å². The molecular weight excluding hydrogens is 344 g/mol. The molecule has 130 valence electrons. The number of rotatable bonds is 7. The number of hydrogen-bond acceptors (Lipinski definition) is 5. The molecule has 0 saturated heterocycles. The third-order valence-corrected chi connectivity index (χ3v) is 3.55. The van der Waals surface area contributed by atoms with E-state index in [-0.39, 0.29) is 31.0 Å². The Morgan fingerprint density at radius 1 is 0.960 bits per heavy atom. The van der Waals surface area contributed by atoms with Gasteiger partial charge in [0.25, 0.3) is 0 Å². The first-order valence-corrected chi connectivity index (χ1v) is 8.14. The fourth-order valence-corrected chi connectivity index (χ4v) is 2.21. The molecule has 0 atom stereocenters. The van der Waals surface area contributed by atoms with E-state index in [0.717, 1.165) is 0 Å². The molecule has 0 aliphatic carbocycles. The highest BCUT2D eigenvalue weighted by molar-refractivity contribution is 6.30. The minimum absolute atomic E-state index is 0.0258. The molecular formula is C19H17ClO5. The normalized spacial score (nSPS) is 10.2. The van der Waals surface area contributed by atoms with Crippen LogP contribution in [-0.4, -0.2) is 24.3 Å². The van der Waals surface area contributed by atoms with Crippen LogP contribution in [0.25, 0.3) is 0 Å². The first kappa shape index (κ1) is 18.7. The van der Waals surface area contributed by atoms with Crippen LogP contribution in [0.15, 0.2) is 48.5 Å². The number of ketones is 1. The summed E-state index contributed by atoms with van der Waals surface area (Å²) in [5.41, 5.74) is 0.783. The summed E-state index contributed by atoms with van der Waals surface area (Å²) in [5, 5.41) is 0.539. The molecule has 25 heavy (non-hydrogen) atoms. The van der Waals surface area contributed by atoms with Crippen LogP contribution < -0.4 is 4.74 Å². The molecule has 0 heterocycles. The van der Waals surface area contributed by atoms with E-state index < -0.39 is 11.9 Å². The predicted octanol–water partition coefficient (Wildman–Crippen LogP) is 4.09. The third-order valence-electron chi connectivity index (χ3n) is 3.30. The van der Waals surface area contributed by atoms with Crippen LogP contribution in [0.5, 0.6) is 5.75 Å². The lowest BCUT2D eigenvalue weighted by Gasteiger charge is -2.06. The van der Waals surface area contributed by atoms with Crippen molar-refractivity contribution in [2.45, 2.75) is 19.8 Å². The summed E-state index contributed by atoms with van der Waals surface area (Å²) < 4.78 is 10.1. The molecule has 0 amide bonds. The van der Waals surface area contributed by atoms with E-state index in [0.29, 0.717) is 16.1 Å². The van der Waals surface area contributed by atoms with Crippen LogP contribution in [-0.2, 0) is 9.53 Å². The highest BCUT2D eigenvalue weighted by Gasteiger charge is 2.13. The van der Waals surface area contributed by atoms with E-state index >= 15 is 0 Å². The third kappa shape index (κ3) is 5.72. The quantitative estimate of drug-likeness (QED) is 0.422. The molecule has 0 radical (unpaired) electrons. The molecule has 0 unspecified atom stereocenters. The van der Waals surface area contributed by atoms with Crippen molar-refractivity contribution < 1.29 is 23.9 Å². The summed E-state index contributed by atoms with van der Waals surface area (Å²) in [4.78, 5) is 35.6. The predicted molar refractivity (Wildman–Crippen MR) is 93.1 cm³/mol. The highest BCUT2D eigenvalue weighted by atomic mass is 35.5. The molecule has 6 heteroatoms. The molecule has 2 rings (SSSR count). The first-order chi connectivity index (χ1) is 12.0. The second-order valence-corrected chi connectivity index (χ2v) is 5.59. The van der Waals surface area contributed by atoms with Gasteiger partial charge in [-0.2, -0.15) is 0 Å². The summed E-state index contributed by atoms with van der Waals surface area (Å²) in [6, 6.07) is 12.6. The molecule has 0 aliphatic heterocycles. The van der Waals surface area contributed by atoms with Crippen LogP contribution >= 0.6 is 11.6 Å². The van der Waals surface area contributed by atoms with E-state index in [1.807, 2.05) is 0 Å². The van der Waals surface area contributed by atoms with Gasteiger partial charge in [0.15, 0.2) is 5.78 Å². The summed E-state index contributed by atoms with van der Waals surface area (Å²) in [6.07, 6.45) is -0.0386. The first-order valence-electron chi connectivity index (χ1n) is 7.76. The smallest absolute Gasteiger partial charge is 0.338 e. The van der Waals surface area contributed by atoms with Crippen molar-refractivity contribution in [2.75, 3.05) is 6.61 Å². The Morgan fingerprint density at radius 2 is 1.68 bits per heavy atom. The zero-order valence-electron chi connectivity index (χ0n) is 13.7. The zero-order valence-corrected chi connectivity index (χ0v) is 14.4. The molecule has 0 bridgehead atoms. The number of ether oxygens (including phenoxy) is 2. The lowest BCUT2D eigenvalue weighted by Crippen LogP contribution is -2.11. The molecule has 0 fully saturated rings. The van der Waals surface area contributed by atoms with Gasteiger partial charge in [0.05, 0.1) is 18.6 Å². The van der Waals surface area contributed by atoms with Gasteiger partial charge in [0.1, 0.15) is 5.75 Å². The maximum Gasteiger partial charge on any atom is 0.338 e. The van der Waals surface area contributed by atoms with E-state index in [1.165, 1.54) is 6.07 Å². The monoisotopic (exact) mass is 360 g/mol. The molecule has 0 N–H and O–H groups in total. The van der Waals surface area contributed by atoms with Crippen molar-refractivity contribution in [1.82, 2.24) is 0 Å². The van der Waals surface area contributed by atoms with Crippen molar-refractivity contribution in [2.24, 2.45) is 0 Å². The van der Waals surface area contributed by atoms with E-state index in [9.17, 15) is 14.4 Å². The number of carbonyl (C=O) groups excluding carboxylic acids is 3. The van der Waals surface area contributed by atoms with Crippen LogP contribution in [0.4, 0.5) is 0 Å². The van der Waals surface area contributed by atoms with Gasteiger partial charge in [-0.25, -0.2) is 4.79 Å². The van der Waals surface area contributed by atoms with Crippen molar-refractivity contribution in [3.8, 4) is 5.75 Å². The molecule has 2 aromatic carbocycles. The van der Waals surface area contributed by atoms with E-state index in [2.05, 4.69) is 0 Å². The van der Waals surface area contributed by atoms with Crippen molar-refractivity contribution in [1.29, 1.82) is 0 Å². The molecule has 0 aromatic heterocycles. The van der Waals surface area contributed by atoms with Gasteiger partial charge in [-0.05, 0) is 49.4 Å². The van der Waals surface area contributed by atoms with E-state index in [1.54, 1.807) is 49.4 Å². The fourth-order valence-electron chi connectivity index (χ4n) is 2.08. The summed E-state index contributed by atoms with van der Waals surface area (Å²) in [6.45, 7) is 1.97. The Hall–Kier alpha value is -2.66. The lowest BCUT2D eigenvalue weighted by molar-refractivity contribution is -0.134. The number of Topliss-reactive ketones (excluding diaryl/α,β-unsaturated/α-hetero) is 1. The van der Waals surface area contributed by atoms with Gasteiger partial charge in [0, 0.05) is 17.0 Å². The Labute approximate surface area is 150 Å². The van der Waals surface area contributed by atoms with Gasteiger partial charge in [-0.1, -0.05) is 17.7 Å². The van der Waals surface area contributed by atoms with E-state index in [4.69, 9.17) is 21.1 Å². The number of hydrogen-bond donors (Lipinski definition) is 0. The van der Waals surface area contributed by atoms with Crippen LogP contribution in [0.3, 0.4) is 0 Å². The maximum atomic E-state index is 12.0. The summed E-state index contributed by atoms with van der Waals surface area (Å²) in [5.74, 6) is -0.981. The number of halogens is 1. The zero-order chi connectivity index (χ0) is 18.2. The Bertz CT molecular complexity index is 768. The second kappa shape index (κ2) is 8.99. The Kier molecular flexibility index (Phi) is 6.71. The fraction of sp³-hybridized carbons (Fsp3) is 0.211. The molecule has 0 spiro atoms. The van der Waals surface area contributed by atoms with Gasteiger partial charge < -0.3 is 9.47 Å². The summed E-state index contributed by atoms with van der Waals surface area (Å²) in [7, 11) is 0. The number of carbonyl (C=O) groups is 3. The average molecular weight is 361 g/mol. The van der Waals surface area contributed by atoms with Crippen molar-refractivity contribution in [3.63, 3.8) is 0 Å². The highest BCUT2D eigenvalue weighted by Crippen LogP contribution is 2.16. The van der Waals surface area contributed by atoms with Crippen LogP contribution in [0, 0.1) is 0 Å². The average Bonchev–Trinajstić information content (AvgIpc) is 2.61. The van der Waals surface area contributed by atoms with Gasteiger partial charge in [-0.3, -0.25) is 9.59 Å². The van der Waals surface area contributed by atoms with Gasteiger partial charge >= 0.3 is 11.9 Å². The Morgan fingerprint density at radius 3 is 2.36 bits per heavy atom. The van der Waals surface area contributed by atoms with Crippen LogP contribution in [0.1, 0.15) is 40.5 Å². The van der Waals surface area contributed by atoms with Crippen molar-refractivity contribution >= 4 is 29.3 Å². The minimum Gasteiger partial charge on any atom is -0.462 e. The van der Waals surface area contributed by atoms with Gasteiger partial charge in [0.2, 0.25) is 0 Å². The van der Waals surface area contributed by atoms with Crippen molar-refractivity contribution in [3.05, 3.63) is 64.7 Å². The number of benzene rings is 2. The number of esters is 2. The van der Waals surface area contributed by atoms with Gasteiger partial charge in [-0.15, -0.1) is 0 Å². The lowest BCUT2D eigenvalue weighted by atomic mass is 10.1. The maximum absolute atomic E-state index is 12.0. The largest absolute Gasteiger partial charge is 0.462 e. The molecule has 0 aliphatic rings. The van der Waals surface area contributed by atoms with Crippen LogP contribution in [0.2, 0.25) is 5.02 Å². The summed E-state index contributed by atoms with van der Waals surface area (Å²) >= 11 is 5.77. The molecule has 2 aromatic rings. The second-order valence-electron chi connectivity index (χ2n) is 5.15.